The van der Waals surface area contributed by atoms with Gasteiger partial charge in [0.2, 0.25) is 0 Å². The van der Waals surface area contributed by atoms with Gasteiger partial charge in [0.15, 0.2) is 0 Å². The number of amides is 1. The van der Waals surface area contributed by atoms with Gasteiger partial charge in [0, 0.05) is 37.3 Å². The maximum Gasteiger partial charge on any atom is 0.414 e. The topological polar surface area (TPSA) is 56.6 Å². The fourth-order valence-electron chi connectivity index (χ4n) is 5.89. The summed E-state index contributed by atoms with van der Waals surface area (Å²) in [7, 11) is 1.46. The number of rotatable bonds is 4. The number of imidazole rings is 1. The third-order valence-electron chi connectivity index (χ3n) is 7.64. The van der Waals surface area contributed by atoms with Gasteiger partial charge in [-0.1, -0.05) is 19.3 Å². The molecule has 0 N–H and O–H groups in total. The standard InChI is InChI=1S/C25H35N3O3/c1-17-8-10-20-21(27(17)25(29)30-2)11-12-22-24(20)26-23(13-9-18-14-15-31-16-18)28(22)19-6-4-3-5-7-19/h11-12,17-19H,3-10,13-16H2,1-2H3/t17-,18+/m0/s1. The maximum atomic E-state index is 12.5. The van der Waals surface area contributed by atoms with E-state index in [2.05, 4.69) is 23.6 Å². The van der Waals surface area contributed by atoms with E-state index in [-0.39, 0.29) is 12.1 Å². The molecule has 168 valence electrons. The number of anilines is 1. The van der Waals surface area contributed by atoms with Crippen LogP contribution in [0.25, 0.3) is 11.0 Å². The van der Waals surface area contributed by atoms with Gasteiger partial charge in [-0.15, -0.1) is 0 Å². The zero-order chi connectivity index (χ0) is 21.4. The lowest BCUT2D eigenvalue weighted by atomic mass is 9.93. The molecule has 1 amide bonds. The number of carbonyl (C=O) groups excluding carboxylic acids is 1. The van der Waals surface area contributed by atoms with Crippen LogP contribution in [0.4, 0.5) is 10.5 Å². The van der Waals surface area contributed by atoms with Crippen molar-refractivity contribution >= 4 is 22.8 Å². The summed E-state index contributed by atoms with van der Waals surface area (Å²) in [6, 6.07) is 5.01. The van der Waals surface area contributed by atoms with Gasteiger partial charge in [-0.25, -0.2) is 9.78 Å². The number of fused-ring (bicyclic) bond motifs is 3. The summed E-state index contributed by atoms with van der Waals surface area (Å²) < 4.78 is 13.3. The van der Waals surface area contributed by atoms with Gasteiger partial charge in [-0.2, -0.15) is 0 Å². The van der Waals surface area contributed by atoms with E-state index >= 15 is 0 Å². The summed E-state index contributed by atoms with van der Waals surface area (Å²) in [6.07, 6.45) is 11.4. The Morgan fingerprint density at radius 2 is 2.03 bits per heavy atom. The Morgan fingerprint density at radius 1 is 1.19 bits per heavy atom. The molecule has 0 bridgehead atoms. The van der Waals surface area contributed by atoms with Crippen molar-refractivity contribution in [2.45, 2.75) is 83.2 Å². The van der Waals surface area contributed by atoms with E-state index in [1.807, 2.05) is 4.90 Å². The van der Waals surface area contributed by atoms with Crippen LogP contribution in [-0.2, 0) is 22.3 Å². The van der Waals surface area contributed by atoms with Crippen LogP contribution in [-0.4, -0.2) is 42.0 Å². The number of benzene rings is 1. The average Bonchev–Trinajstić information content (AvgIpc) is 3.45. The third-order valence-corrected chi connectivity index (χ3v) is 7.64. The summed E-state index contributed by atoms with van der Waals surface area (Å²) >= 11 is 0. The zero-order valence-corrected chi connectivity index (χ0v) is 18.9. The van der Waals surface area contributed by atoms with Crippen molar-refractivity contribution in [3.8, 4) is 0 Å². The van der Waals surface area contributed by atoms with E-state index in [9.17, 15) is 4.79 Å². The molecule has 6 nitrogen and oxygen atoms in total. The van der Waals surface area contributed by atoms with Gasteiger partial charge >= 0.3 is 6.09 Å². The van der Waals surface area contributed by atoms with E-state index in [4.69, 9.17) is 14.5 Å². The number of nitrogens with zero attached hydrogens (tertiary/aromatic N) is 3. The van der Waals surface area contributed by atoms with Crippen molar-refractivity contribution in [3.05, 3.63) is 23.5 Å². The second kappa shape index (κ2) is 8.81. The van der Waals surface area contributed by atoms with Crippen LogP contribution in [0.3, 0.4) is 0 Å². The Kier molecular flexibility index (Phi) is 5.91. The van der Waals surface area contributed by atoms with Crippen LogP contribution in [0.2, 0.25) is 0 Å². The summed E-state index contributed by atoms with van der Waals surface area (Å²) in [6.45, 7) is 3.89. The van der Waals surface area contributed by atoms with Crippen molar-refractivity contribution in [2.75, 3.05) is 25.2 Å². The van der Waals surface area contributed by atoms with E-state index in [1.54, 1.807) is 0 Å². The quantitative estimate of drug-likeness (QED) is 0.656. The molecule has 6 heteroatoms. The molecule has 0 radical (unpaired) electrons. The molecule has 1 saturated heterocycles. The Balaban J connectivity index is 1.57. The van der Waals surface area contributed by atoms with Crippen LogP contribution in [0.1, 0.15) is 75.7 Å². The van der Waals surface area contributed by atoms with Gasteiger partial charge in [0.25, 0.3) is 0 Å². The Labute approximate surface area is 184 Å². The number of aromatic nitrogens is 2. The first-order chi connectivity index (χ1) is 15.2. The molecule has 1 aromatic heterocycles. The van der Waals surface area contributed by atoms with E-state index < -0.39 is 0 Å². The molecule has 31 heavy (non-hydrogen) atoms. The van der Waals surface area contributed by atoms with E-state index in [0.29, 0.717) is 12.0 Å². The van der Waals surface area contributed by atoms with Crippen molar-refractivity contribution in [1.29, 1.82) is 0 Å². The predicted octanol–water partition coefficient (Wildman–Crippen LogP) is 5.42. The predicted molar refractivity (Wildman–Crippen MR) is 122 cm³/mol. The van der Waals surface area contributed by atoms with Crippen molar-refractivity contribution in [2.24, 2.45) is 5.92 Å². The summed E-state index contributed by atoms with van der Waals surface area (Å²) in [4.78, 5) is 19.6. The lowest BCUT2D eigenvalue weighted by molar-refractivity contribution is 0.175. The SMILES string of the molecule is COC(=O)N1c2ccc3c(nc(CC[C@@H]4CCOC4)n3C3CCCCC3)c2CC[C@@H]1C. The van der Waals surface area contributed by atoms with Crippen LogP contribution in [0.15, 0.2) is 12.1 Å². The Hall–Kier alpha value is -2.08. The number of carbonyl (C=O) groups is 1. The number of aryl methyl sites for hydroxylation is 2. The van der Waals surface area contributed by atoms with Crippen molar-refractivity contribution in [1.82, 2.24) is 9.55 Å². The summed E-state index contributed by atoms with van der Waals surface area (Å²) in [5.74, 6) is 1.88. The minimum Gasteiger partial charge on any atom is -0.452 e. The fraction of sp³-hybridized carbons (Fsp3) is 0.680. The van der Waals surface area contributed by atoms with E-state index in [1.165, 1.54) is 62.5 Å². The van der Waals surface area contributed by atoms with Gasteiger partial charge < -0.3 is 14.0 Å². The summed E-state index contributed by atoms with van der Waals surface area (Å²) in [5, 5.41) is 0. The molecule has 1 aromatic carbocycles. The van der Waals surface area contributed by atoms with E-state index in [0.717, 1.165) is 50.1 Å². The van der Waals surface area contributed by atoms with Crippen molar-refractivity contribution in [3.63, 3.8) is 0 Å². The first-order valence-corrected chi connectivity index (χ1v) is 12.1. The van der Waals surface area contributed by atoms with Gasteiger partial charge in [-0.3, -0.25) is 4.90 Å². The molecule has 2 atom stereocenters. The number of hydrogen-bond donors (Lipinski definition) is 0. The Bertz CT molecular complexity index is 941. The highest BCUT2D eigenvalue weighted by atomic mass is 16.5. The van der Waals surface area contributed by atoms with Crippen LogP contribution in [0.5, 0.6) is 0 Å². The monoisotopic (exact) mass is 425 g/mol. The fourth-order valence-corrected chi connectivity index (χ4v) is 5.89. The molecule has 3 aliphatic rings. The number of methoxy groups -OCH3 is 1. The second-order valence-corrected chi connectivity index (χ2v) is 9.62. The molecule has 2 aromatic rings. The minimum absolute atomic E-state index is 0.139. The van der Waals surface area contributed by atoms with Crippen LogP contribution in [0, 0.1) is 5.92 Å². The molecule has 2 fully saturated rings. The molecule has 1 aliphatic carbocycles. The largest absolute Gasteiger partial charge is 0.452 e. The lowest BCUT2D eigenvalue weighted by Crippen LogP contribution is -2.42. The minimum atomic E-state index is -0.277. The molecule has 5 rings (SSSR count). The molecule has 2 aliphatic heterocycles. The summed E-state index contributed by atoms with van der Waals surface area (Å²) in [5.41, 5.74) is 4.53. The highest BCUT2D eigenvalue weighted by Gasteiger charge is 2.32. The van der Waals surface area contributed by atoms with Gasteiger partial charge in [-0.05, 0) is 63.5 Å². The second-order valence-electron chi connectivity index (χ2n) is 9.62. The first kappa shape index (κ1) is 20.8. The number of hydrogen-bond acceptors (Lipinski definition) is 4. The smallest absolute Gasteiger partial charge is 0.414 e. The highest BCUT2D eigenvalue weighted by molar-refractivity contribution is 5.95. The molecule has 3 heterocycles. The number of ether oxygens (including phenoxy) is 2. The normalized spacial score (nSPS) is 24.5. The maximum absolute atomic E-state index is 12.5. The van der Waals surface area contributed by atoms with Crippen molar-refractivity contribution < 1.29 is 14.3 Å². The molecule has 0 spiro atoms. The zero-order valence-electron chi connectivity index (χ0n) is 18.9. The molecule has 0 unspecified atom stereocenters. The van der Waals surface area contributed by atoms with Crippen LogP contribution >= 0.6 is 0 Å². The Morgan fingerprint density at radius 3 is 2.77 bits per heavy atom. The van der Waals surface area contributed by atoms with Gasteiger partial charge in [0.1, 0.15) is 5.82 Å². The lowest BCUT2D eigenvalue weighted by Gasteiger charge is -2.34. The third kappa shape index (κ3) is 3.84. The van der Waals surface area contributed by atoms with Gasteiger partial charge in [0.05, 0.1) is 23.8 Å². The molecular formula is C25H35N3O3. The van der Waals surface area contributed by atoms with Crippen LogP contribution < -0.4 is 4.90 Å². The molecular weight excluding hydrogens is 390 g/mol. The highest BCUT2D eigenvalue weighted by Crippen LogP contribution is 2.39. The first-order valence-electron chi connectivity index (χ1n) is 12.1. The average molecular weight is 426 g/mol. The molecule has 1 saturated carbocycles.